The molecule has 72 valence electrons. The number of hydrogen-bond acceptors (Lipinski definition) is 4. The predicted molar refractivity (Wildman–Crippen MR) is 50.3 cm³/mol. The normalized spacial score (nSPS) is 22.3. The quantitative estimate of drug-likeness (QED) is 0.673. The first-order chi connectivity index (χ1) is 6.20. The Hall–Kier alpha value is -0.780. The molecule has 0 spiro atoms. The van der Waals surface area contributed by atoms with E-state index in [1.165, 1.54) is 0 Å². The molecule has 0 atom stereocenters. The molecule has 4 nitrogen and oxygen atoms in total. The number of pyridine rings is 1. The summed E-state index contributed by atoms with van der Waals surface area (Å²) in [6.07, 6.45) is 2.23. The lowest BCUT2D eigenvalue weighted by atomic mass is 10.5. The zero-order valence-electron chi connectivity index (χ0n) is 7.01. The van der Waals surface area contributed by atoms with Crippen molar-refractivity contribution < 1.29 is 13.8 Å². The van der Waals surface area contributed by atoms with Crippen LogP contribution >= 0.6 is 10.6 Å². The molecule has 1 aliphatic heterocycles. The van der Waals surface area contributed by atoms with E-state index in [1.54, 1.807) is 18.3 Å². The second-order valence-corrected chi connectivity index (χ2v) is 5.06. The number of aromatic nitrogens is 1. The van der Waals surface area contributed by atoms with Gasteiger partial charge in [-0.2, -0.15) is 10.6 Å². The molecule has 5 heteroatoms. The van der Waals surface area contributed by atoms with Crippen LogP contribution < -0.4 is 4.74 Å². The monoisotopic (exact) mass is 201 g/mol. The molecule has 1 aromatic heterocycles. The smallest absolute Gasteiger partial charge is 0.237 e. The van der Waals surface area contributed by atoms with E-state index in [-0.39, 0.29) is 0 Å². The molecule has 13 heavy (non-hydrogen) atoms. The lowest BCUT2D eigenvalue weighted by Gasteiger charge is -2.30. The third kappa shape index (κ3) is 1.63. The van der Waals surface area contributed by atoms with Crippen LogP contribution in [-0.4, -0.2) is 26.4 Å². The van der Waals surface area contributed by atoms with Gasteiger partial charge in [-0.1, -0.05) is 0 Å². The van der Waals surface area contributed by atoms with Gasteiger partial charge in [-0.25, -0.2) is 4.98 Å². The average molecular weight is 201 g/mol. The Morgan fingerprint density at radius 1 is 1.46 bits per heavy atom. The molecule has 2 heterocycles. The zero-order chi connectivity index (χ0) is 9.31. The molecule has 0 aromatic carbocycles. The van der Waals surface area contributed by atoms with E-state index in [1.807, 2.05) is 0 Å². The SMILES string of the molecule is OS1(O)CCCOc2ncccc21. The van der Waals surface area contributed by atoms with Gasteiger partial charge in [0.25, 0.3) is 0 Å². The van der Waals surface area contributed by atoms with Gasteiger partial charge >= 0.3 is 0 Å². The van der Waals surface area contributed by atoms with Crippen molar-refractivity contribution in [2.24, 2.45) is 0 Å². The van der Waals surface area contributed by atoms with Crippen LogP contribution in [0, 0.1) is 0 Å². The van der Waals surface area contributed by atoms with Gasteiger partial charge in [0.2, 0.25) is 5.88 Å². The standard InChI is InChI=1S/C8H11NO3S/c10-13(11)6-2-5-12-8-7(13)3-1-4-9-8/h1,3-4,10-11H,2,5-6H2. The first-order valence-electron chi connectivity index (χ1n) is 4.04. The predicted octanol–water partition coefficient (Wildman–Crippen LogP) is 1.97. The average Bonchev–Trinajstić information content (AvgIpc) is 2.26. The molecule has 0 radical (unpaired) electrons. The van der Waals surface area contributed by atoms with Crippen LogP contribution in [0.4, 0.5) is 0 Å². The Morgan fingerprint density at radius 3 is 3.15 bits per heavy atom. The molecule has 2 N–H and O–H groups in total. The second kappa shape index (κ2) is 3.17. The van der Waals surface area contributed by atoms with Crippen LogP contribution in [0.2, 0.25) is 0 Å². The Morgan fingerprint density at radius 2 is 2.31 bits per heavy atom. The van der Waals surface area contributed by atoms with Gasteiger partial charge in [-0.05, 0) is 18.6 Å². The van der Waals surface area contributed by atoms with E-state index >= 15 is 0 Å². The Labute approximate surface area is 77.9 Å². The van der Waals surface area contributed by atoms with Crippen LogP contribution in [0.3, 0.4) is 0 Å². The second-order valence-electron chi connectivity index (χ2n) is 2.88. The van der Waals surface area contributed by atoms with Gasteiger partial charge in [-0.15, -0.1) is 0 Å². The van der Waals surface area contributed by atoms with E-state index in [9.17, 15) is 9.11 Å². The first-order valence-corrected chi connectivity index (χ1v) is 5.75. The third-order valence-electron chi connectivity index (χ3n) is 1.90. The van der Waals surface area contributed by atoms with E-state index in [0.717, 1.165) is 0 Å². The fraction of sp³-hybridized carbons (Fsp3) is 0.375. The molecule has 0 bridgehead atoms. The summed E-state index contributed by atoms with van der Waals surface area (Å²) in [7, 11) is -2.67. The van der Waals surface area contributed by atoms with Gasteiger partial charge in [0, 0.05) is 11.9 Å². The van der Waals surface area contributed by atoms with Gasteiger partial charge in [0.15, 0.2) is 0 Å². The minimum Gasteiger partial charge on any atom is -0.476 e. The summed E-state index contributed by atoms with van der Waals surface area (Å²) in [5.41, 5.74) is 0. The lowest BCUT2D eigenvalue weighted by Crippen LogP contribution is -2.02. The summed E-state index contributed by atoms with van der Waals surface area (Å²) in [5.74, 6) is 0.728. The summed E-state index contributed by atoms with van der Waals surface area (Å²) in [5, 5.41) is 0. The molecule has 1 aliphatic rings. The van der Waals surface area contributed by atoms with Crippen molar-refractivity contribution in [3.8, 4) is 5.88 Å². The van der Waals surface area contributed by atoms with Crippen LogP contribution in [-0.2, 0) is 0 Å². The minimum atomic E-state index is -2.67. The molecule has 0 amide bonds. The van der Waals surface area contributed by atoms with Gasteiger partial charge < -0.3 is 4.74 Å². The van der Waals surface area contributed by atoms with Crippen molar-refractivity contribution in [3.63, 3.8) is 0 Å². The van der Waals surface area contributed by atoms with Crippen molar-refractivity contribution in [1.29, 1.82) is 0 Å². The molecule has 2 rings (SSSR count). The van der Waals surface area contributed by atoms with E-state index in [4.69, 9.17) is 4.74 Å². The molecule has 0 fully saturated rings. The van der Waals surface area contributed by atoms with Crippen LogP contribution in [0.15, 0.2) is 23.2 Å². The Bertz CT molecular complexity index is 316. The van der Waals surface area contributed by atoms with Crippen molar-refractivity contribution in [2.45, 2.75) is 11.3 Å². The zero-order valence-corrected chi connectivity index (χ0v) is 7.83. The third-order valence-corrected chi connectivity index (χ3v) is 3.77. The topological polar surface area (TPSA) is 62.6 Å². The maximum Gasteiger partial charge on any atom is 0.237 e. The van der Waals surface area contributed by atoms with Gasteiger partial charge in [-0.3, -0.25) is 9.11 Å². The molecular formula is C8H11NO3S. The molecule has 0 aliphatic carbocycles. The number of hydrogen-bond donors (Lipinski definition) is 2. The van der Waals surface area contributed by atoms with E-state index < -0.39 is 10.6 Å². The number of rotatable bonds is 0. The molecule has 0 saturated carbocycles. The van der Waals surface area contributed by atoms with Gasteiger partial charge in [0.1, 0.15) is 4.90 Å². The van der Waals surface area contributed by atoms with Crippen LogP contribution in [0.25, 0.3) is 0 Å². The van der Waals surface area contributed by atoms with Crippen molar-refractivity contribution in [2.75, 3.05) is 12.4 Å². The van der Waals surface area contributed by atoms with E-state index in [0.29, 0.717) is 29.6 Å². The number of fused-ring (bicyclic) bond motifs is 1. The van der Waals surface area contributed by atoms with Gasteiger partial charge in [0.05, 0.1) is 6.61 Å². The maximum atomic E-state index is 9.73. The molecule has 1 aromatic rings. The van der Waals surface area contributed by atoms with Crippen molar-refractivity contribution >= 4 is 10.6 Å². The number of nitrogens with zero attached hydrogens (tertiary/aromatic N) is 1. The van der Waals surface area contributed by atoms with Crippen molar-refractivity contribution in [1.82, 2.24) is 4.98 Å². The summed E-state index contributed by atoms with van der Waals surface area (Å²) >= 11 is 0. The molecular weight excluding hydrogens is 190 g/mol. The highest BCUT2D eigenvalue weighted by Crippen LogP contribution is 2.53. The van der Waals surface area contributed by atoms with E-state index in [2.05, 4.69) is 4.98 Å². The largest absolute Gasteiger partial charge is 0.476 e. The Kier molecular flexibility index (Phi) is 2.15. The summed E-state index contributed by atoms with van der Waals surface area (Å²) < 4.78 is 24.7. The fourth-order valence-electron chi connectivity index (χ4n) is 1.27. The highest BCUT2D eigenvalue weighted by molar-refractivity contribution is 8.24. The summed E-state index contributed by atoms with van der Waals surface area (Å²) in [4.78, 5) is 4.39. The Balaban J connectivity index is 2.48. The fourth-order valence-corrected chi connectivity index (χ4v) is 2.70. The molecule has 0 unspecified atom stereocenters. The summed E-state index contributed by atoms with van der Waals surface area (Å²) in [6, 6.07) is 3.34. The molecule has 0 saturated heterocycles. The highest BCUT2D eigenvalue weighted by Gasteiger charge is 2.23. The first kappa shape index (κ1) is 8.80. The summed E-state index contributed by atoms with van der Waals surface area (Å²) in [6.45, 7) is 0.500. The minimum absolute atomic E-state index is 0.361. The lowest BCUT2D eigenvalue weighted by molar-refractivity contribution is 0.302. The van der Waals surface area contributed by atoms with Crippen molar-refractivity contribution in [3.05, 3.63) is 18.3 Å². The van der Waals surface area contributed by atoms with Crippen LogP contribution in [0.5, 0.6) is 5.88 Å². The van der Waals surface area contributed by atoms with Crippen LogP contribution in [0.1, 0.15) is 6.42 Å². The maximum absolute atomic E-state index is 9.73. The number of ether oxygens (including phenoxy) is 1. The highest BCUT2D eigenvalue weighted by atomic mass is 32.3.